The maximum Gasteiger partial charge on any atom is 0.134 e. The molecule has 2 aromatic carbocycles. The van der Waals surface area contributed by atoms with Gasteiger partial charge in [0.2, 0.25) is 0 Å². The molecule has 1 heterocycles. The Hall–Kier alpha value is -1.84. The van der Waals surface area contributed by atoms with Crippen molar-refractivity contribution in [2.75, 3.05) is 25.6 Å². The second kappa shape index (κ2) is 5.41. The fraction of sp³-hybridized carbons (Fsp3) is 0.368. The number of ether oxygens (including phenoxy) is 1. The van der Waals surface area contributed by atoms with E-state index in [1.54, 1.807) is 0 Å². The highest BCUT2D eigenvalue weighted by atomic mass is 16.5. The first kappa shape index (κ1) is 13.8. The number of hydrogen-bond donors (Lipinski definition) is 1. The summed E-state index contributed by atoms with van der Waals surface area (Å²) in [5.41, 5.74) is 5.33. The van der Waals surface area contributed by atoms with Gasteiger partial charge in [0.05, 0.1) is 6.61 Å². The molecule has 3 atom stereocenters. The summed E-state index contributed by atoms with van der Waals surface area (Å²) < 4.78 is 6.08. The summed E-state index contributed by atoms with van der Waals surface area (Å²) in [6.07, 6.45) is 1.11. The Morgan fingerprint density at radius 1 is 1.05 bits per heavy atom. The van der Waals surface area contributed by atoms with E-state index in [4.69, 9.17) is 4.74 Å². The Morgan fingerprint density at radius 2 is 1.82 bits per heavy atom. The molecule has 1 saturated heterocycles. The molecule has 0 saturated carbocycles. The zero-order chi connectivity index (χ0) is 15.1. The van der Waals surface area contributed by atoms with Gasteiger partial charge in [0.25, 0.3) is 0 Å². The van der Waals surface area contributed by atoms with Crippen LogP contribution in [0.4, 0.5) is 5.69 Å². The molecular formula is C19H22N2O. The molecule has 2 aromatic rings. The second-order valence-electron chi connectivity index (χ2n) is 6.51. The van der Waals surface area contributed by atoms with Crippen molar-refractivity contribution in [2.45, 2.75) is 18.7 Å². The van der Waals surface area contributed by atoms with Crippen molar-refractivity contribution in [1.29, 1.82) is 0 Å². The average molecular weight is 294 g/mol. The van der Waals surface area contributed by atoms with Gasteiger partial charge >= 0.3 is 0 Å². The second-order valence-corrected chi connectivity index (χ2v) is 6.51. The zero-order valence-corrected chi connectivity index (χ0v) is 13.1. The van der Waals surface area contributed by atoms with E-state index in [2.05, 4.69) is 72.8 Å². The molecule has 3 nitrogen and oxygen atoms in total. The molecule has 2 aliphatic rings. The molecule has 4 rings (SSSR count). The summed E-state index contributed by atoms with van der Waals surface area (Å²) in [7, 11) is 4.12. The van der Waals surface area contributed by atoms with Gasteiger partial charge in [-0.1, -0.05) is 36.4 Å². The van der Waals surface area contributed by atoms with Gasteiger partial charge in [0, 0.05) is 31.7 Å². The first-order chi connectivity index (χ1) is 10.7. The quantitative estimate of drug-likeness (QED) is 0.920. The predicted molar refractivity (Wildman–Crippen MR) is 89.0 cm³/mol. The molecule has 0 aromatic heterocycles. The number of nitrogens with one attached hydrogen (secondary N) is 1. The van der Waals surface area contributed by atoms with Crippen LogP contribution in [0, 0.1) is 5.92 Å². The molecule has 0 amide bonds. The third-order valence-electron chi connectivity index (χ3n) is 4.86. The van der Waals surface area contributed by atoms with Gasteiger partial charge in [-0.3, -0.25) is 5.32 Å². The minimum absolute atomic E-state index is 0.0105. The van der Waals surface area contributed by atoms with Gasteiger partial charge in [-0.05, 0) is 35.2 Å². The highest BCUT2D eigenvalue weighted by molar-refractivity contribution is 5.46. The Morgan fingerprint density at radius 3 is 2.59 bits per heavy atom. The van der Waals surface area contributed by atoms with E-state index in [9.17, 15) is 0 Å². The van der Waals surface area contributed by atoms with Gasteiger partial charge in [-0.2, -0.15) is 0 Å². The van der Waals surface area contributed by atoms with Crippen LogP contribution < -0.4 is 10.2 Å². The third kappa shape index (κ3) is 2.31. The monoisotopic (exact) mass is 294 g/mol. The predicted octanol–water partition coefficient (Wildman–Crippen LogP) is 3.28. The van der Waals surface area contributed by atoms with Crippen LogP contribution in [0.25, 0.3) is 0 Å². The fourth-order valence-electron chi connectivity index (χ4n) is 3.63. The zero-order valence-electron chi connectivity index (χ0n) is 13.1. The fourth-order valence-corrected chi connectivity index (χ4v) is 3.63. The lowest BCUT2D eigenvalue weighted by molar-refractivity contribution is -0.0494. The molecular weight excluding hydrogens is 272 g/mol. The summed E-state index contributed by atoms with van der Waals surface area (Å²) in [6, 6.07) is 17.8. The molecule has 1 aliphatic carbocycles. The standard InChI is InChI=1S/C19H22N2O/c1-21(2)16-9-7-13(8-10-16)19-20-18-15(12-22-19)11-14-5-3-4-6-17(14)18/h3-10,15,18-20H,11-12H2,1-2H3/t15-,18+,19-/m1/s1. The number of rotatable bonds is 2. The van der Waals surface area contributed by atoms with Crippen LogP contribution in [-0.4, -0.2) is 20.7 Å². The Labute approximate surface area is 131 Å². The Bertz CT molecular complexity index is 665. The van der Waals surface area contributed by atoms with E-state index in [0.717, 1.165) is 13.0 Å². The number of benzene rings is 2. The summed E-state index contributed by atoms with van der Waals surface area (Å²) in [4.78, 5) is 2.11. The molecule has 0 spiro atoms. The third-order valence-corrected chi connectivity index (χ3v) is 4.86. The van der Waals surface area contributed by atoms with Crippen molar-refractivity contribution in [3.8, 4) is 0 Å². The van der Waals surface area contributed by atoms with Crippen molar-refractivity contribution in [1.82, 2.24) is 5.32 Å². The SMILES string of the molecule is CN(C)c1ccc([C@@H]2N[C@@H]3c4ccccc4C[C@@H]3CO2)cc1. The van der Waals surface area contributed by atoms with Crippen LogP contribution >= 0.6 is 0 Å². The summed E-state index contributed by atoms with van der Waals surface area (Å²) in [5, 5.41) is 3.70. The molecule has 0 unspecified atom stereocenters. The number of anilines is 1. The smallest absolute Gasteiger partial charge is 0.134 e. The average Bonchev–Trinajstić information content (AvgIpc) is 2.92. The molecule has 1 aliphatic heterocycles. The molecule has 0 radical (unpaired) electrons. The van der Waals surface area contributed by atoms with E-state index in [1.807, 2.05) is 0 Å². The van der Waals surface area contributed by atoms with Gasteiger partial charge in [-0.25, -0.2) is 0 Å². The molecule has 1 fully saturated rings. The van der Waals surface area contributed by atoms with Gasteiger partial charge in [0.15, 0.2) is 0 Å². The Balaban J connectivity index is 1.56. The van der Waals surface area contributed by atoms with Crippen molar-refractivity contribution < 1.29 is 4.74 Å². The van der Waals surface area contributed by atoms with Gasteiger partial charge < -0.3 is 9.64 Å². The first-order valence-electron chi connectivity index (χ1n) is 7.95. The highest BCUT2D eigenvalue weighted by Gasteiger charge is 2.37. The molecule has 3 heteroatoms. The summed E-state index contributed by atoms with van der Waals surface area (Å²) in [5.74, 6) is 0.565. The van der Waals surface area contributed by atoms with Crippen molar-refractivity contribution in [3.63, 3.8) is 0 Å². The van der Waals surface area contributed by atoms with Crippen LogP contribution in [0.3, 0.4) is 0 Å². The van der Waals surface area contributed by atoms with E-state index in [0.29, 0.717) is 12.0 Å². The minimum atomic E-state index is -0.0105. The highest BCUT2D eigenvalue weighted by Crippen LogP contribution is 2.41. The first-order valence-corrected chi connectivity index (χ1v) is 7.95. The van der Waals surface area contributed by atoms with Crippen LogP contribution in [0.1, 0.15) is 29.0 Å². The summed E-state index contributed by atoms with van der Waals surface area (Å²) in [6.45, 7) is 0.826. The normalized spacial score (nSPS) is 26.4. The lowest BCUT2D eigenvalue weighted by Gasteiger charge is -2.34. The number of nitrogens with zero attached hydrogens (tertiary/aromatic N) is 1. The van der Waals surface area contributed by atoms with E-state index in [-0.39, 0.29) is 6.23 Å². The van der Waals surface area contributed by atoms with Crippen molar-refractivity contribution in [2.24, 2.45) is 5.92 Å². The van der Waals surface area contributed by atoms with E-state index >= 15 is 0 Å². The van der Waals surface area contributed by atoms with E-state index in [1.165, 1.54) is 22.4 Å². The van der Waals surface area contributed by atoms with Gasteiger partial charge in [-0.15, -0.1) is 0 Å². The number of hydrogen-bond acceptors (Lipinski definition) is 3. The number of fused-ring (bicyclic) bond motifs is 3. The maximum atomic E-state index is 6.08. The molecule has 114 valence electrons. The van der Waals surface area contributed by atoms with Crippen molar-refractivity contribution in [3.05, 3.63) is 65.2 Å². The van der Waals surface area contributed by atoms with Gasteiger partial charge in [0.1, 0.15) is 6.23 Å². The van der Waals surface area contributed by atoms with Crippen LogP contribution in [0.15, 0.2) is 48.5 Å². The molecule has 0 bridgehead atoms. The molecule has 22 heavy (non-hydrogen) atoms. The van der Waals surface area contributed by atoms with Crippen molar-refractivity contribution >= 4 is 5.69 Å². The van der Waals surface area contributed by atoms with Crippen LogP contribution in [0.2, 0.25) is 0 Å². The summed E-state index contributed by atoms with van der Waals surface area (Å²) >= 11 is 0. The minimum Gasteiger partial charge on any atom is -0.378 e. The molecule has 1 N–H and O–H groups in total. The lowest BCUT2D eigenvalue weighted by Crippen LogP contribution is -2.39. The van der Waals surface area contributed by atoms with E-state index < -0.39 is 0 Å². The van der Waals surface area contributed by atoms with Crippen LogP contribution in [0.5, 0.6) is 0 Å². The lowest BCUT2D eigenvalue weighted by atomic mass is 9.98. The Kier molecular flexibility index (Phi) is 3.40. The van der Waals surface area contributed by atoms with Crippen LogP contribution in [-0.2, 0) is 11.2 Å². The topological polar surface area (TPSA) is 24.5 Å². The largest absolute Gasteiger partial charge is 0.378 e. The maximum absolute atomic E-state index is 6.08.